The quantitative estimate of drug-likeness (QED) is 0.274. The third-order valence-corrected chi connectivity index (χ3v) is 10.6. The van der Waals surface area contributed by atoms with E-state index in [1.165, 1.54) is 38.9 Å². The Kier molecular flexibility index (Phi) is 5.81. The maximum atomic E-state index is 12.8. The first-order valence-corrected chi connectivity index (χ1v) is 14.1. The highest BCUT2D eigenvalue weighted by Gasteiger charge is 2.62. The van der Waals surface area contributed by atoms with Crippen LogP contribution in [0.2, 0.25) is 0 Å². The van der Waals surface area contributed by atoms with E-state index >= 15 is 0 Å². The maximum absolute atomic E-state index is 12.8. The molecule has 0 fully saturated rings. The minimum atomic E-state index is -0.641. The summed E-state index contributed by atoms with van der Waals surface area (Å²) >= 11 is 3.45. The highest BCUT2D eigenvalue weighted by atomic mass is 32.2. The van der Waals surface area contributed by atoms with Crippen molar-refractivity contribution in [1.29, 1.82) is 0 Å². The third kappa shape index (κ3) is 3.59. The molecule has 1 spiro atoms. The third-order valence-electron chi connectivity index (χ3n) is 7.27. The van der Waals surface area contributed by atoms with Crippen LogP contribution in [-0.2, 0) is 13.7 Å². The van der Waals surface area contributed by atoms with Gasteiger partial charge in [-0.25, -0.2) is 5.01 Å². The van der Waals surface area contributed by atoms with Gasteiger partial charge in [0.05, 0.1) is 10.4 Å². The number of hydrogen-bond donors (Lipinski definition) is 0. The molecule has 0 radical (unpaired) electrons. The van der Waals surface area contributed by atoms with Crippen LogP contribution >= 0.6 is 23.5 Å². The Hall–Kier alpha value is -3.28. The molecule has 0 saturated heterocycles. The molecule has 0 unspecified atom stereocenters. The van der Waals surface area contributed by atoms with E-state index < -0.39 is 8.95 Å². The molecule has 0 aromatic heterocycles. The zero-order valence-electron chi connectivity index (χ0n) is 21.4. The van der Waals surface area contributed by atoms with Gasteiger partial charge in [0.2, 0.25) is 0 Å². The summed E-state index contributed by atoms with van der Waals surface area (Å²) in [7, 11) is 0. The first-order valence-electron chi connectivity index (χ1n) is 12.4. The van der Waals surface area contributed by atoms with Crippen molar-refractivity contribution in [2.75, 3.05) is 5.01 Å². The number of hydrogen-bond acceptors (Lipinski definition) is 5. The lowest BCUT2D eigenvalue weighted by Gasteiger charge is -2.38. The molecule has 0 N–H and O–H groups in total. The highest BCUT2D eigenvalue weighted by molar-refractivity contribution is 8.27. The number of benzene rings is 4. The van der Waals surface area contributed by atoms with Crippen LogP contribution in [0, 0.1) is 20.8 Å². The molecule has 0 aliphatic carbocycles. The molecule has 1 atom stereocenters. The van der Waals surface area contributed by atoms with Gasteiger partial charge in [-0.05, 0) is 60.7 Å². The molecule has 2 heterocycles. The van der Waals surface area contributed by atoms with Gasteiger partial charge >= 0.3 is 0 Å². The van der Waals surface area contributed by atoms with Crippen LogP contribution in [-0.4, -0.2) is 10.8 Å². The fourth-order valence-corrected chi connectivity index (χ4v) is 9.23. The van der Waals surface area contributed by atoms with Crippen LogP contribution in [0.15, 0.2) is 102 Å². The van der Waals surface area contributed by atoms with Crippen molar-refractivity contribution < 1.29 is 4.79 Å². The maximum Gasteiger partial charge on any atom is 0.187 e. The highest BCUT2D eigenvalue weighted by Crippen LogP contribution is 2.71. The SMILES string of the molecule is CC(=O)C1=NN(c2ccc(C)cc2)[C@@]2(S1)SC(c1ccccc1C)(c1ccccc1C)c1ccccc12. The number of hydrazone groups is 1. The molecule has 4 aromatic rings. The minimum absolute atomic E-state index is 0.0126. The normalized spacial score (nSPS) is 19.7. The summed E-state index contributed by atoms with van der Waals surface area (Å²) < 4.78 is -1.12. The smallest absolute Gasteiger partial charge is 0.187 e. The number of Topliss-reactive ketones (excluding diaryl/α,β-unsaturated/α-hetero) is 1. The Bertz CT molecular complexity index is 1510. The van der Waals surface area contributed by atoms with Gasteiger partial charge in [0, 0.05) is 12.5 Å². The Morgan fingerprint density at radius 1 is 0.703 bits per heavy atom. The summed E-state index contributed by atoms with van der Waals surface area (Å²) in [4.78, 5) is 12.8. The number of thioether (sulfide) groups is 2. The van der Waals surface area contributed by atoms with Crippen LogP contribution in [0.25, 0.3) is 0 Å². The summed E-state index contributed by atoms with van der Waals surface area (Å²) in [5, 5.41) is 7.58. The summed E-state index contributed by atoms with van der Waals surface area (Å²) in [6.07, 6.45) is 0. The van der Waals surface area contributed by atoms with Crippen LogP contribution in [0.5, 0.6) is 0 Å². The van der Waals surface area contributed by atoms with Crippen molar-refractivity contribution >= 4 is 40.0 Å². The molecule has 2 aliphatic rings. The van der Waals surface area contributed by atoms with Crippen molar-refractivity contribution in [3.8, 4) is 0 Å². The van der Waals surface area contributed by atoms with E-state index in [-0.39, 0.29) is 5.78 Å². The number of aryl methyl sites for hydroxylation is 3. The lowest BCUT2D eigenvalue weighted by atomic mass is 9.79. The summed E-state index contributed by atoms with van der Waals surface area (Å²) in [5.74, 6) is -0.0126. The van der Waals surface area contributed by atoms with E-state index in [0.29, 0.717) is 5.04 Å². The summed E-state index contributed by atoms with van der Waals surface area (Å²) in [6, 6.07) is 34.5. The van der Waals surface area contributed by atoms with E-state index in [2.05, 4.69) is 123 Å². The predicted molar refractivity (Wildman–Crippen MR) is 157 cm³/mol. The minimum Gasteiger partial charge on any atom is -0.292 e. The van der Waals surface area contributed by atoms with Crippen molar-refractivity contribution in [2.24, 2.45) is 5.10 Å². The first kappa shape index (κ1) is 24.1. The van der Waals surface area contributed by atoms with Gasteiger partial charge < -0.3 is 0 Å². The molecule has 5 heteroatoms. The van der Waals surface area contributed by atoms with Gasteiger partial charge in [0.1, 0.15) is 0 Å². The lowest BCUT2D eigenvalue weighted by molar-refractivity contribution is -0.110. The molecular weight excluding hydrogens is 492 g/mol. The van der Waals surface area contributed by atoms with E-state index in [1.807, 2.05) is 11.8 Å². The number of nitrogens with zero attached hydrogens (tertiary/aromatic N) is 2. The van der Waals surface area contributed by atoms with E-state index in [0.717, 1.165) is 5.69 Å². The van der Waals surface area contributed by atoms with Gasteiger partial charge in [0.15, 0.2) is 15.0 Å². The van der Waals surface area contributed by atoms with Crippen molar-refractivity contribution in [1.82, 2.24) is 0 Å². The van der Waals surface area contributed by atoms with E-state index in [4.69, 9.17) is 5.10 Å². The van der Waals surface area contributed by atoms with Crippen molar-refractivity contribution in [3.05, 3.63) is 136 Å². The lowest BCUT2D eigenvalue weighted by Crippen LogP contribution is -2.34. The average molecular weight is 521 g/mol. The van der Waals surface area contributed by atoms with Crippen molar-refractivity contribution in [3.63, 3.8) is 0 Å². The molecule has 37 heavy (non-hydrogen) atoms. The number of anilines is 1. The van der Waals surface area contributed by atoms with Gasteiger partial charge in [-0.1, -0.05) is 114 Å². The van der Waals surface area contributed by atoms with Crippen LogP contribution in [0.3, 0.4) is 0 Å². The van der Waals surface area contributed by atoms with Gasteiger partial charge in [-0.3, -0.25) is 4.79 Å². The van der Waals surface area contributed by atoms with Gasteiger partial charge in [-0.2, -0.15) is 5.10 Å². The Balaban J connectivity index is 1.68. The average Bonchev–Trinajstić information content (AvgIpc) is 3.43. The zero-order valence-corrected chi connectivity index (χ0v) is 23.0. The van der Waals surface area contributed by atoms with Crippen LogP contribution in [0.1, 0.15) is 45.9 Å². The fourth-order valence-electron chi connectivity index (χ4n) is 5.50. The second-order valence-corrected chi connectivity index (χ2v) is 12.6. The van der Waals surface area contributed by atoms with Gasteiger partial charge in [0.25, 0.3) is 0 Å². The molecule has 0 bridgehead atoms. The Labute approximate surface area is 227 Å². The van der Waals surface area contributed by atoms with Crippen LogP contribution < -0.4 is 5.01 Å². The molecule has 184 valence electrons. The monoisotopic (exact) mass is 520 g/mol. The molecule has 3 nitrogen and oxygen atoms in total. The fraction of sp³-hybridized carbons (Fsp3) is 0.188. The summed E-state index contributed by atoms with van der Waals surface area (Å²) in [5.41, 5.74) is 9.59. The number of carbonyl (C=O) groups excluding carboxylic acids is 1. The topological polar surface area (TPSA) is 32.7 Å². The molecule has 2 aliphatic heterocycles. The van der Waals surface area contributed by atoms with E-state index in [9.17, 15) is 4.79 Å². The largest absolute Gasteiger partial charge is 0.292 e. The zero-order chi connectivity index (χ0) is 25.8. The first-order chi connectivity index (χ1) is 17.9. The molecule has 6 rings (SSSR count). The van der Waals surface area contributed by atoms with Gasteiger partial charge in [-0.15, -0.1) is 0 Å². The number of rotatable bonds is 4. The molecular formula is C32H28N2OS2. The summed E-state index contributed by atoms with van der Waals surface area (Å²) in [6.45, 7) is 8.09. The number of fused-ring (bicyclic) bond motifs is 2. The molecule has 4 aromatic carbocycles. The molecule has 0 saturated carbocycles. The number of ketones is 1. The van der Waals surface area contributed by atoms with Crippen LogP contribution in [0.4, 0.5) is 5.69 Å². The van der Waals surface area contributed by atoms with Crippen molar-refractivity contribution in [2.45, 2.75) is 36.6 Å². The standard InChI is InChI=1S/C32H28N2OS2/c1-21-17-19-25(20-18-21)34-32(36-30(33-34)24(4)35)29-16-10-9-15-28(29)31(37-32,26-13-7-5-11-22(26)2)27-14-8-6-12-23(27)3/h5-20H,1-4H3/t32-/m0/s1. The van der Waals surface area contributed by atoms with E-state index in [1.54, 1.807) is 18.7 Å². The predicted octanol–water partition coefficient (Wildman–Crippen LogP) is 7.92. The molecule has 0 amide bonds. The number of carbonyl (C=O) groups is 1. The second-order valence-electron chi connectivity index (χ2n) is 9.75. The Morgan fingerprint density at radius 3 is 1.76 bits per heavy atom. The Morgan fingerprint density at radius 2 is 1.22 bits per heavy atom. The second kappa shape index (κ2) is 8.93.